The molecule has 0 spiro atoms. The molecule has 3 aromatic rings. The molecule has 1 N–H and O–H groups in total. The van der Waals surface area contributed by atoms with E-state index in [1.807, 2.05) is 13.8 Å². The minimum Gasteiger partial charge on any atom is -0.465 e. The highest BCUT2D eigenvalue weighted by Crippen LogP contribution is 2.26. The highest BCUT2D eigenvalue weighted by Gasteiger charge is 2.19. The van der Waals surface area contributed by atoms with Crippen LogP contribution in [0.1, 0.15) is 35.8 Å². The van der Waals surface area contributed by atoms with E-state index < -0.39 is 16.0 Å². The van der Waals surface area contributed by atoms with E-state index in [0.29, 0.717) is 16.0 Å². The van der Waals surface area contributed by atoms with E-state index >= 15 is 0 Å². The van der Waals surface area contributed by atoms with Gasteiger partial charge < -0.3 is 4.74 Å². The summed E-state index contributed by atoms with van der Waals surface area (Å²) in [6.45, 7) is 5.53. The molecule has 1 heterocycles. The van der Waals surface area contributed by atoms with Gasteiger partial charge >= 0.3 is 10.8 Å². The number of thiazole rings is 1. The lowest BCUT2D eigenvalue weighted by Crippen LogP contribution is -2.15. The number of aromatic nitrogens is 1. The van der Waals surface area contributed by atoms with Gasteiger partial charge in [-0.15, -0.1) is 0 Å². The first-order chi connectivity index (χ1) is 13.1. The average molecular weight is 421 g/mol. The number of carbonyl (C=O) groups is 1. The minimum absolute atomic E-state index is 0.00749. The summed E-state index contributed by atoms with van der Waals surface area (Å²) < 4.78 is 35.1. The molecule has 3 rings (SSSR count). The van der Waals surface area contributed by atoms with Gasteiger partial charge in [0.25, 0.3) is 10.0 Å². The summed E-state index contributed by atoms with van der Waals surface area (Å²) in [6, 6.07) is 9.24. The van der Waals surface area contributed by atoms with Gasteiger partial charge in [0, 0.05) is 6.04 Å². The maximum Gasteiger partial charge on any atom is 0.338 e. The third-order valence-electron chi connectivity index (χ3n) is 4.31. The number of ether oxygens (including phenoxy) is 1. The van der Waals surface area contributed by atoms with Crippen LogP contribution < -0.4 is 9.60 Å². The quantitative estimate of drug-likeness (QED) is 0.637. The van der Waals surface area contributed by atoms with E-state index in [-0.39, 0.29) is 21.4 Å². The molecule has 0 aliphatic rings. The molecule has 1 aromatic heterocycles. The molecule has 2 aromatic carbocycles. The third-order valence-corrected chi connectivity index (χ3v) is 6.60. The van der Waals surface area contributed by atoms with Crippen molar-refractivity contribution < 1.29 is 17.9 Å². The molecule has 7 nitrogen and oxygen atoms in total. The first-order valence-corrected chi connectivity index (χ1v) is 10.8. The van der Waals surface area contributed by atoms with Crippen molar-refractivity contribution >= 4 is 43.2 Å². The van der Waals surface area contributed by atoms with Gasteiger partial charge in [0.05, 0.1) is 33.5 Å². The number of hydrogen-bond acceptors (Lipinski definition) is 6. The lowest BCUT2D eigenvalue weighted by atomic mass is 10.1. The van der Waals surface area contributed by atoms with Crippen LogP contribution in [0.4, 0.5) is 5.69 Å². The highest BCUT2D eigenvalue weighted by atomic mass is 32.2. The second-order valence-electron chi connectivity index (χ2n) is 6.59. The van der Waals surface area contributed by atoms with Crippen molar-refractivity contribution in [3.8, 4) is 0 Å². The lowest BCUT2D eigenvalue weighted by Gasteiger charge is -2.11. The number of fused-ring (bicyclic) bond motifs is 1. The summed E-state index contributed by atoms with van der Waals surface area (Å²) in [6.07, 6.45) is 0. The Balaban J connectivity index is 1.99. The number of nitrogens with zero attached hydrogens (tertiary/aromatic N) is 1. The molecule has 0 aliphatic carbocycles. The van der Waals surface area contributed by atoms with E-state index in [9.17, 15) is 18.0 Å². The molecule has 0 amide bonds. The number of esters is 1. The molecule has 0 atom stereocenters. The number of hydrogen-bond donors (Lipinski definition) is 1. The molecule has 9 heteroatoms. The Morgan fingerprint density at radius 1 is 1.18 bits per heavy atom. The first-order valence-electron chi connectivity index (χ1n) is 8.51. The fraction of sp³-hybridized carbons (Fsp3) is 0.263. The summed E-state index contributed by atoms with van der Waals surface area (Å²) >= 11 is 1.07. The normalized spacial score (nSPS) is 11.8. The molecule has 0 unspecified atom stereocenters. The zero-order valence-electron chi connectivity index (χ0n) is 15.8. The number of carbonyl (C=O) groups excluding carboxylic acids is 1. The number of rotatable bonds is 5. The molecule has 28 heavy (non-hydrogen) atoms. The minimum atomic E-state index is -3.92. The lowest BCUT2D eigenvalue weighted by molar-refractivity contribution is 0.0599. The number of benzene rings is 2. The standard InChI is InChI=1S/C19H20N2O5S2/c1-11(2)21-16-8-6-13(9-17(16)27-19(21)23)20-28(24,25)14-7-5-12(3)15(10-14)18(22)26-4/h5-11,20H,1-4H3. The Labute approximate surface area is 166 Å². The van der Waals surface area contributed by atoms with Crippen molar-refractivity contribution in [2.45, 2.75) is 31.7 Å². The second kappa shape index (κ2) is 7.40. The number of aryl methyl sites for hydroxylation is 1. The zero-order valence-corrected chi connectivity index (χ0v) is 17.5. The Bertz CT molecular complexity index is 1220. The van der Waals surface area contributed by atoms with Crippen molar-refractivity contribution in [1.82, 2.24) is 4.57 Å². The molecule has 0 aliphatic heterocycles. The van der Waals surface area contributed by atoms with E-state index in [1.54, 1.807) is 35.8 Å². The first kappa shape index (κ1) is 20.1. The zero-order chi connectivity index (χ0) is 20.6. The Morgan fingerprint density at radius 2 is 1.89 bits per heavy atom. The molecule has 0 fully saturated rings. The Hall–Kier alpha value is -2.65. The number of sulfonamides is 1. The second-order valence-corrected chi connectivity index (χ2v) is 9.26. The van der Waals surface area contributed by atoms with E-state index in [1.165, 1.54) is 19.2 Å². The van der Waals surface area contributed by atoms with Crippen molar-refractivity contribution in [2.75, 3.05) is 11.8 Å². The van der Waals surface area contributed by atoms with Gasteiger partial charge in [0.15, 0.2) is 0 Å². The SMILES string of the molecule is COC(=O)c1cc(S(=O)(=O)Nc2ccc3c(c2)sc(=O)n3C(C)C)ccc1C. The van der Waals surface area contributed by atoms with Crippen LogP contribution in [0.25, 0.3) is 10.2 Å². The molecular weight excluding hydrogens is 400 g/mol. The Kier molecular flexibility index (Phi) is 5.31. The third kappa shape index (κ3) is 3.67. The van der Waals surface area contributed by atoms with Crippen molar-refractivity contribution in [2.24, 2.45) is 0 Å². The van der Waals surface area contributed by atoms with Gasteiger partial charge in [-0.3, -0.25) is 14.1 Å². The predicted molar refractivity (Wildman–Crippen MR) is 110 cm³/mol. The molecular formula is C19H20N2O5S2. The van der Waals surface area contributed by atoms with Crippen LogP contribution in [0.15, 0.2) is 46.1 Å². The van der Waals surface area contributed by atoms with Crippen LogP contribution in [0.2, 0.25) is 0 Å². The van der Waals surface area contributed by atoms with Gasteiger partial charge in [-0.2, -0.15) is 0 Å². The van der Waals surface area contributed by atoms with Gasteiger partial charge in [-0.1, -0.05) is 17.4 Å². The predicted octanol–water partition coefficient (Wildman–Crippen LogP) is 3.54. The number of nitrogens with one attached hydrogen (secondary N) is 1. The van der Waals surface area contributed by atoms with Crippen LogP contribution >= 0.6 is 11.3 Å². The van der Waals surface area contributed by atoms with E-state index in [0.717, 1.165) is 16.9 Å². The maximum atomic E-state index is 12.8. The van der Waals surface area contributed by atoms with E-state index in [2.05, 4.69) is 4.72 Å². The summed E-state index contributed by atoms with van der Waals surface area (Å²) in [4.78, 5) is 23.9. The molecule has 0 saturated heterocycles. The Morgan fingerprint density at radius 3 is 2.54 bits per heavy atom. The monoisotopic (exact) mass is 420 g/mol. The largest absolute Gasteiger partial charge is 0.465 e. The van der Waals surface area contributed by atoms with Crippen LogP contribution in [0, 0.1) is 6.92 Å². The van der Waals surface area contributed by atoms with Crippen molar-refractivity contribution in [3.63, 3.8) is 0 Å². The van der Waals surface area contributed by atoms with Crippen LogP contribution in [0.5, 0.6) is 0 Å². The summed E-state index contributed by atoms with van der Waals surface area (Å²) in [5.41, 5.74) is 1.90. The van der Waals surface area contributed by atoms with Gasteiger partial charge in [-0.25, -0.2) is 13.2 Å². The van der Waals surface area contributed by atoms with Crippen LogP contribution in [-0.4, -0.2) is 26.1 Å². The van der Waals surface area contributed by atoms with Crippen molar-refractivity contribution in [1.29, 1.82) is 0 Å². The number of anilines is 1. The highest BCUT2D eigenvalue weighted by molar-refractivity contribution is 7.92. The fourth-order valence-corrected chi connectivity index (χ4v) is 5.03. The summed E-state index contributed by atoms with van der Waals surface area (Å²) in [5, 5.41) is 0. The van der Waals surface area contributed by atoms with Gasteiger partial charge in [0.2, 0.25) is 0 Å². The molecule has 0 saturated carbocycles. The molecule has 0 radical (unpaired) electrons. The van der Waals surface area contributed by atoms with Gasteiger partial charge in [-0.05, 0) is 56.7 Å². The fourth-order valence-electron chi connectivity index (χ4n) is 2.90. The molecule has 0 bridgehead atoms. The average Bonchev–Trinajstić information content (AvgIpc) is 2.96. The van der Waals surface area contributed by atoms with Crippen molar-refractivity contribution in [3.05, 3.63) is 57.2 Å². The topological polar surface area (TPSA) is 94.5 Å². The van der Waals surface area contributed by atoms with Crippen LogP contribution in [-0.2, 0) is 14.8 Å². The van der Waals surface area contributed by atoms with E-state index in [4.69, 9.17) is 4.74 Å². The smallest absolute Gasteiger partial charge is 0.338 e. The molecule has 148 valence electrons. The maximum absolute atomic E-state index is 12.8. The van der Waals surface area contributed by atoms with Gasteiger partial charge in [0.1, 0.15) is 0 Å². The number of methoxy groups -OCH3 is 1. The summed E-state index contributed by atoms with van der Waals surface area (Å²) in [7, 11) is -2.68. The van der Waals surface area contributed by atoms with Crippen LogP contribution in [0.3, 0.4) is 0 Å². The summed E-state index contributed by atoms with van der Waals surface area (Å²) in [5.74, 6) is -0.601.